The van der Waals surface area contributed by atoms with E-state index in [-0.39, 0.29) is 12.4 Å². The molecule has 4 nitrogen and oxygen atoms in total. The number of anilines is 1. The van der Waals surface area contributed by atoms with Crippen molar-refractivity contribution in [2.45, 2.75) is 13.8 Å². The zero-order chi connectivity index (χ0) is 8.01. The summed E-state index contributed by atoms with van der Waals surface area (Å²) in [6.45, 7) is 4.06. The normalized spacial score (nSPS) is 10.2. The summed E-state index contributed by atoms with van der Waals surface area (Å²) in [4.78, 5) is 6.15. The van der Waals surface area contributed by atoms with Crippen molar-refractivity contribution in [3.8, 4) is 0 Å². The highest BCUT2D eigenvalue weighted by atomic mass is 35.5. The average molecular weight is 205 g/mol. The predicted octanol–water partition coefficient (Wildman–Crippen LogP) is 1.41. The van der Waals surface area contributed by atoms with Crippen molar-refractivity contribution in [3.05, 3.63) is 10.6 Å². The van der Waals surface area contributed by atoms with Gasteiger partial charge >= 0.3 is 0 Å². The fourth-order valence-corrected chi connectivity index (χ4v) is 1.87. The van der Waals surface area contributed by atoms with E-state index in [4.69, 9.17) is 5.73 Å². The standard InChI is InChI=1S/C6H8N4S.ClH/c1-3-4(2)11-6-8-5(7)9-10(3)6;/h1-2H3,(H2,7,9);1H. The molecule has 0 aliphatic carbocycles. The number of rotatable bonds is 0. The van der Waals surface area contributed by atoms with Crippen LogP contribution in [0.3, 0.4) is 0 Å². The number of halogens is 1. The Labute approximate surface area is 79.8 Å². The van der Waals surface area contributed by atoms with Gasteiger partial charge in [-0.15, -0.1) is 17.5 Å². The maximum Gasteiger partial charge on any atom is 0.241 e. The minimum absolute atomic E-state index is 0. The molecule has 0 spiro atoms. The van der Waals surface area contributed by atoms with Crippen LogP contribution in [0.25, 0.3) is 4.96 Å². The number of nitrogens with two attached hydrogens (primary N) is 1. The number of hydrogen-bond acceptors (Lipinski definition) is 4. The fourth-order valence-electron chi connectivity index (χ4n) is 0.957. The molecule has 2 aromatic heterocycles. The Kier molecular flexibility index (Phi) is 2.25. The highest BCUT2D eigenvalue weighted by Gasteiger charge is 2.07. The van der Waals surface area contributed by atoms with E-state index < -0.39 is 0 Å². The number of aromatic nitrogens is 3. The molecule has 2 heterocycles. The molecule has 0 aliphatic rings. The number of thiazole rings is 1. The molecule has 2 N–H and O–H groups in total. The lowest BCUT2D eigenvalue weighted by Gasteiger charge is -1.86. The zero-order valence-corrected chi connectivity index (χ0v) is 8.37. The van der Waals surface area contributed by atoms with Crippen LogP contribution < -0.4 is 5.73 Å². The van der Waals surface area contributed by atoms with Gasteiger partial charge in [0.1, 0.15) is 0 Å². The van der Waals surface area contributed by atoms with Gasteiger partial charge in [-0.05, 0) is 13.8 Å². The molecular formula is C6H9ClN4S. The van der Waals surface area contributed by atoms with Gasteiger partial charge in [-0.25, -0.2) is 4.52 Å². The number of hydrogen-bond donors (Lipinski definition) is 1. The topological polar surface area (TPSA) is 56.2 Å². The van der Waals surface area contributed by atoms with Crippen LogP contribution in [-0.2, 0) is 0 Å². The molecule has 0 aromatic carbocycles. The van der Waals surface area contributed by atoms with Gasteiger partial charge in [0.25, 0.3) is 0 Å². The summed E-state index contributed by atoms with van der Waals surface area (Å²) in [5, 5.41) is 4.03. The Morgan fingerprint density at radius 1 is 1.42 bits per heavy atom. The van der Waals surface area contributed by atoms with Crippen molar-refractivity contribution in [1.29, 1.82) is 0 Å². The maximum absolute atomic E-state index is 5.42. The van der Waals surface area contributed by atoms with Gasteiger partial charge < -0.3 is 5.73 Å². The minimum atomic E-state index is 0. The van der Waals surface area contributed by atoms with Crippen LogP contribution in [0.2, 0.25) is 0 Å². The van der Waals surface area contributed by atoms with Crippen molar-refractivity contribution < 1.29 is 0 Å². The number of nitrogen functional groups attached to an aromatic ring is 1. The second-order valence-electron chi connectivity index (χ2n) is 2.41. The maximum atomic E-state index is 5.42. The minimum Gasteiger partial charge on any atom is -0.366 e. The molecule has 66 valence electrons. The number of aryl methyl sites for hydroxylation is 2. The molecule has 0 amide bonds. The molecule has 6 heteroatoms. The summed E-state index contributed by atoms with van der Waals surface area (Å²) in [7, 11) is 0. The van der Waals surface area contributed by atoms with Gasteiger partial charge in [0.05, 0.1) is 5.69 Å². The first-order valence-corrected chi connectivity index (χ1v) is 4.08. The Morgan fingerprint density at radius 3 is 2.67 bits per heavy atom. The molecule has 2 rings (SSSR count). The lowest BCUT2D eigenvalue weighted by molar-refractivity contribution is 0.931. The Morgan fingerprint density at radius 2 is 2.08 bits per heavy atom. The number of fused-ring (bicyclic) bond motifs is 1. The Balaban J connectivity index is 0.000000720. The van der Waals surface area contributed by atoms with Gasteiger partial charge in [-0.2, -0.15) is 4.98 Å². The summed E-state index contributed by atoms with van der Waals surface area (Å²) in [6.07, 6.45) is 0. The van der Waals surface area contributed by atoms with Crippen molar-refractivity contribution >= 4 is 34.7 Å². The molecule has 2 aromatic rings. The monoisotopic (exact) mass is 204 g/mol. The van der Waals surface area contributed by atoms with Crippen LogP contribution in [0.5, 0.6) is 0 Å². The third kappa shape index (κ3) is 1.15. The van der Waals surface area contributed by atoms with E-state index in [1.807, 2.05) is 13.8 Å². The summed E-state index contributed by atoms with van der Waals surface area (Å²) >= 11 is 1.61. The van der Waals surface area contributed by atoms with Crippen molar-refractivity contribution in [2.24, 2.45) is 0 Å². The third-order valence-corrected chi connectivity index (χ3v) is 2.71. The lowest BCUT2D eigenvalue weighted by atomic mass is 10.4. The summed E-state index contributed by atoms with van der Waals surface area (Å²) < 4.78 is 1.77. The van der Waals surface area contributed by atoms with Gasteiger partial charge in [0.2, 0.25) is 10.9 Å². The van der Waals surface area contributed by atoms with E-state index in [0.29, 0.717) is 5.95 Å². The molecule has 0 fully saturated rings. The summed E-state index contributed by atoms with van der Waals surface area (Å²) in [6, 6.07) is 0. The SMILES string of the molecule is Cc1sc2nc(N)nn2c1C.Cl. The van der Waals surface area contributed by atoms with E-state index in [0.717, 1.165) is 10.7 Å². The molecule has 0 saturated heterocycles. The highest BCUT2D eigenvalue weighted by molar-refractivity contribution is 7.17. The summed E-state index contributed by atoms with van der Waals surface area (Å²) in [5.74, 6) is 0.347. The van der Waals surface area contributed by atoms with E-state index >= 15 is 0 Å². The quantitative estimate of drug-likeness (QED) is 0.706. The van der Waals surface area contributed by atoms with Gasteiger partial charge in [0, 0.05) is 4.88 Å². The van der Waals surface area contributed by atoms with E-state index in [1.165, 1.54) is 4.88 Å². The van der Waals surface area contributed by atoms with Crippen molar-refractivity contribution in [1.82, 2.24) is 14.6 Å². The molecule has 0 aliphatic heterocycles. The molecule has 0 atom stereocenters. The Hall–Kier alpha value is -0.810. The van der Waals surface area contributed by atoms with Crippen molar-refractivity contribution in [3.63, 3.8) is 0 Å². The van der Waals surface area contributed by atoms with Crippen LogP contribution >= 0.6 is 23.7 Å². The van der Waals surface area contributed by atoms with E-state index in [2.05, 4.69) is 10.1 Å². The van der Waals surface area contributed by atoms with Gasteiger partial charge in [-0.1, -0.05) is 11.3 Å². The second kappa shape index (κ2) is 2.91. The highest BCUT2D eigenvalue weighted by Crippen LogP contribution is 2.19. The third-order valence-electron chi connectivity index (χ3n) is 1.67. The second-order valence-corrected chi connectivity index (χ2v) is 3.59. The first kappa shape index (κ1) is 9.28. The molecule has 0 bridgehead atoms. The number of nitrogens with zero attached hydrogens (tertiary/aromatic N) is 3. The fraction of sp³-hybridized carbons (Fsp3) is 0.333. The van der Waals surface area contributed by atoms with Crippen LogP contribution in [0, 0.1) is 13.8 Å². The molecule has 12 heavy (non-hydrogen) atoms. The first-order chi connectivity index (χ1) is 5.18. The van der Waals surface area contributed by atoms with Crippen LogP contribution in [0.1, 0.15) is 10.6 Å². The van der Waals surface area contributed by atoms with Crippen LogP contribution in [0.15, 0.2) is 0 Å². The molecule has 0 saturated carbocycles. The first-order valence-electron chi connectivity index (χ1n) is 3.26. The largest absolute Gasteiger partial charge is 0.366 e. The van der Waals surface area contributed by atoms with E-state index in [9.17, 15) is 0 Å². The lowest BCUT2D eigenvalue weighted by Crippen LogP contribution is -1.91. The average Bonchev–Trinajstić information content (AvgIpc) is 2.37. The molecule has 0 unspecified atom stereocenters. The van der Waals surface area contributed by atoms with Gasteiger partial charge in [0.15, 0.2) is 0 Å². The molecule has 0 radical (unpaired) electrons. The smallest absolute Gasteiger partial charge is 0.241 e. The van der Waals surface area contributed by atoms with Crippen molar-refractivity contribution in [2.75, 3.05) is 5.73 Å². The van der Waals surface area contributed by atoms with E-state index in [1.54, 1.807) is 15.9 Å². The van der Waals surface area contributed by atoms with Crippen LogP contribution in [0.4, 0.5) is 5.95 Å². The van der Waals surface area contributed by atoms with Gasteiger partial charge in [-0.3, -0.25) is 0 Å². The predicted molar refractivity (Wildman–Crippen MR) is 52.0 cm³/mol. The Bertz CT molecular complexity index is 405. The summed E-state index contributed by atoms with van der Waals surface area (Å²) in [5.41, 5.74) is 6.54. The van der Waals surface area contributed by atoms with Crippen LogP contribution in [-0.4, -0.2) is 14.6 Å². The zero-order valence-electron chi connectivity index (χ0n) is 6.74. The molecular weight excluding hydrogens is 196 g/mol.